The number of amides is 1. The first-order valence-electron chi connectivity index (χ1n) is 8.53. The number of aromatic nitrogens is 4. The molecule has 0 aliphatic rings. The molecule has 0 aromatic carbocycles. The summed E-state index contributed by atoms with van der Waals surface area (Å²) in [6.45, 7) is -1.17. The Balaban J connectivity index is 1.70. The van der Waals surface area contributed by atoms with Gasteiger partial charge in [-0.1, -0.05) is 0 Å². The minimum Gasteiger partial charge on any atom is -0.495 e. The first-order chi connectivity index (χ1) is 14.5. The molecule has 0 spiro atoms. The van der Waals surface area contributed by atoms with E-state index in [0.717, 1.165) is 0 Å². The molecule has 0 saturated heterocycles. The van der Waals surface area contributed by atoms with Crippen molar-refractivity contribution < 1.29 is 23.0 Å². The van der Waals surface area contributed by atoms with Gasteiger partial charge in [-0.05, 0) is 19.1 Å². The van der Waals surface area contributed by atoms with Gasteiger partial charge in [0.05, 0.1) is 37.6 Å². The number of hydrazone groups is 1. The van der Waals surface area contributed by atoms with Crippen LogP contribution in [0.4, 0.5) is 8.78 Å². The number of ether oxygens (including phenoxy) is 2. The summed E-state index contributed by atoms with van der Waals surface area (Å²) in [7, 11) is 1.52. The van der Waals surface area contributed by atoms with Crippen LogP contribution in [0.25, 0.3) is 11.3 Å². The predicted octanol–water partition coefficient (Wildman–Crippen LogP) is 2.62. The topological polar surface area (TPSA) is 111 Å². The Labute approximate surface area is 169 Å². The van der Waals surface area contributed by atoms with Crippen molar-refractivity contribution >= 4 is 12.1 Å². The summed E-state index contributed by atoms with van der Waals surface area (Å²) in [5.41, 5.74) is 4.56. The number of aryl methyl sites for hydroxylation is 1. The van der Waals surface area contributed by atoms with E-state index in [1.807, 2.05) is 0 Å². The van der Waals surface area contributed by atoms with Crippen LogP contribution in [0.1, 0.15) is 21.7 Å². The highest BCUT2D eigenvalue weighted by Crippen LogP contribution is 2.19. The highest BCUT2D eigenvalue weighted by molar-refractivity contribution is 5.93. The number of pyridine rings is 2. The molecule has 30 heavy (non-hydrogen) atoms. The van der Waals surface area contributed by atoms with E-state index in [1.54, 1.807) is 19.2 Å². The number of nitrogens with one attached hydrogen (secondary N) is 1. The zero-order valence-corrected chi connectivity index (χ0v) is 15.9. The first-order valence-corrected chi connectivity index (χ1v) is 8.53. The average molecular weight is 414 g/mol. The van der Waals surface area contributed by atoms with Gasteiger partial charge >= 0.3 is 6.61 Å². The second kappa shape index (κ2) is 9.45. The smallest absolute Gasteiger partial charge is 0.388 e. The van der Waals surface area contributed by atoms with E-state index in [0.29, 0.717) is 28.3 Å². The SMILES string of the molecule is COc1cnc(C)c(/C=N/NC(=O)c2cncc(-c3ccc(OC(F)F)nc3)n2)c1. The molecular formula is C19H16F2N6O3. The number of hydrogen-bond donors (Lipinski definition) is 1. The van der Waals surface area contributed by atoms with E-state index in [1.165, 1.54) is 44.0 Å². The molecule has 0 aliphatic heterocycles. The normalized spacial score (nSPS) is 11.0. The molecule has 9 nitrogen and oxygen atoms in total. The van der Waals surface area contributed by atoms with Crippen LogP contribution >= 0.6 is 0 Å². The number of carbonyl (C=O) groups is 1. The molecule has 1 N–H and O–H groups in total. The highest BCUT2D eigenvalue weighted by atomic mass is 19.3. The van der Waals surface area contributed by atoms with E-state index in [4.69, 9.17) is 4.74 Å². The average Bonchev–Trinajstić information content (AvgIpc) is 2.75. The van der Waals surface area contributed by atoms with Crippen LogP contribution in [-0.4, -0.2) is 45.8 Å². The number of halogens is 2. The summed E-state index contributed by atoms with van der Waals surface area (Å²) in [6.07, 6.45) is 6.99. The van der Waals surface area contributed by atoms with Crippen molar-refractivity contribution in [1.82, 2.24) is 25.4 Å². The molecule has 3 rings (SSSR count). The molecule has 3 aromatic rings. The van der Waals surface area contributed by atoms with Crippen molar-refractivity contribution in [3.63, 3.8) is 0 Å². The fourth-order valence-electron chi connectivity index (χ4n) is 2.30. The molecule has 0 aliphatic carbocycles. The lowest BCUT2D eigenvalue weighted by molar-refractivity contribution is -0.0528. The summed E-state index contributed by atoms with van der Waals surface area (Å²) >= 11 is 0. The Morgan fingerprint density at radius 2 is 2.03 bits per heavy atom. The van der Waals surface area contributed by atoms with E-state index < -0.39 is 12.5 Å². The third-order valence-corrected chi connectivity index (χ3v) is 3.82. The van der Waals surface area contributed by atoms with Crippen LogP contribution < -0.4 is 14.9 Å². The predicted molar refractivity (Wildman–Crippen MR) is 102 cm³/mol. The second-order valence-corrected chi connectivity index (χ2v) is 5.80. The van der Waals surface area contributed by atoms with Gasteiger partial charge < -0.3 is 9.47 Å². The maximum absolute atomic E-state index is 12.3. The molecule has 0 atom stereocenters. The Morgan fingerprint density at radius 3 is 2.73 bits per heavy atom. The van der Waals surface area contributed by atoms with Crippen LogP contribution in [0, 0.1) is 6.92 Å². The monoisotopic (exact) mass is 414 g/mol. The van der Waals surface area contributed by atoms with Gasteiger partial charge in [0.25, 0.3) is 5.91 Å². The first kappa shape index (κ1) is 20.7. The summed E-state index contributed by atoms with van der Waals surface area (Å²) in [4.78, 5) is 28.4. The van der Waals surface area contributed by atoms with Gasteiger partial charge in [0.1, 0.15) is 11.4 Å². The van der Waals surface area contributed by atoms with Crippen molar-refractivity contribution in [2.75, 3.05) is 7.11 Å². The van der Waals surface area contributed by atoms with Crippen LogP contribution in [0.5, 0.6) is 11.6 Å². The van der Waals surface area contributed by atoms with Crippen molar-refractivity contribution in [1.29, 1.82) is 0 Å². The number of rotatable bonds is 7. The minimum absolute atomic E-state index is 0.0121. The van der Waals surface area contributed by atoms with Gasteiger partial charge in [-0.15, -0.1) is 0 Å². The van der Waals surface area contributed by atoms with E-state index in [-0.39, 0.29) is 11.6 Å². The molecule has 3 heterocycles. The Kier molecular flexibility index (Phi) is 6.53. The lowest BCUT2D eigenvalue weighted by atomic mass is 10.2. The molecule has 0 bridgehead atoms. The van der Waals surface area contributed by atoms with Gasteiger partial charge in [0.15, 0.2) is 0 Å². The molecular weight excluding hydrogens is 398 g/mol. The van der Waals surface area contributed by atoms with Crippen molar-refractivity contribution in [3.8, 4) is 22.9 Å². The number of nitrogens with zero attached hydrogens (tertiary/aromatic N) is 5. The van der Waals surface area contributed by atoms with Crippen molar-refractivity contribution in [2.45, 2.75) is 13.5 Å². The molecule has 0 radical (unpaired) electrons. The lowest BCUT2D eigenvalue weighted by Crippen LogP contribution is -2.19. The number of hydrogen-bond acceptors (Lipinski definition) is 8. The molecule has 154 valence electrons. The summed E-state index contributed by atoms with van der Waals surface area (Å²) in [6, 6.07) is 4.48. The zero-order chi connectivity index (χ0) is 21.5. The Hall–Kier alpha value is -4.02. The molecule has 0 unspecified atom stereocenters. The van der Waals surface area contributed by atoms with Gasteiger partial charge in [0, 0.05) is 29.1 Å². The van der Waals surface area contributed by atoms with Crippen LogP contribution in [0.15, 0.2) is 48.1 Å². The second-order valence-electron chi connectivity index (χ2n) is 5.80. The standard InChI is InChI=1S/C19H16F2N6O3/c1-11-13(5-14(29-2)8-23-11)7-25-27-18(28)16-10-22-9-15(26-16)12-3-4-17(24-6-12)30-19(20)21/h3-10,19H,1-2H3,(H,27,28)/b25-7+. The third-order valence-electron chi connectivity index (χ3n) is 3.82. The maximum atomic E-state index is 12.3. The zero-order valence-electron chi connectivity index (χ0n) is 15.9. The maximum Gasteiger partial charge on any atom is 0.388 e. The van der Waals surface area contributed by atoms with Gasteiger partial charge in [-0.3, -0.25) is 14.8 Å². The van der Waals surface area contributed by atoms with Crippen LogP contribution in [0.3, 0.4) is 0 Å². The van der Waals surface area contributed by atoms with E-state index >= 15 is 0 Å². The highest BCUT2D eigenvalue weighted by Gasteiger charge is 2.11. The third kappa shape index (κ3) is 5.28. The molecule has 11 heteroatoms. The van der Waals surface area contributed by atoms with Crippen molar-refractivity contribution in [3.05, 3.63) is 59.9 Å². The van der Waals surface area contributed by atoms with Crippen molar-refractivity contribution in [2.24, 2.45) is 5.10 Å². The molecule has 0 saturated carbocycles. The van der Waals surface area contributed by atoms with Crippen LogP contribution in [-0.2, 0) is 0 Å². The van der Waals surface area contributed by atoms with E-state index in [2.05, 4.69) is 35.2 Å². The van der Waals surface area contributed by atoms with Gasteiger partial charge in [-0.25, -0.2) is 15.4 Å². The summed E-state index contributed by atoms with van der Waals surface area (Å²) in [5, 5.41) is 3.91. The van der Waals surface area contributed by atoms with Gasteiger partial charge in [-0.2, -0.15) is 13.9 Å². The minimum atomic E-state index is -2.97. The Bertz CT molecular complexity index is 1060. The fraction of sp³-hybridized carbons (Fsp3) is 0.158. The molecule has 0 fully saturated rings. The molecule has 3 aromatic heterocycles. The molecule has 1 amide bonds. The number of carbonyl (C=O) groups excluding carboxylic acids is 1. The lowest BCUT2D eigenvalue weighted by Gasteiger charge is -2.06. The summed E-state index contributed by atoms with van der Waals surface area (Å²) < 4.78 is 33.7. The summed E-state index contributed by atoms with van der Waals surface area (Å²) in [5.74, 6) is -0.252. The number of methoxy groups -OCH3 is 1. The fourth-order valence-corrected chi connectivity index (χ4v) is 2.30. The van der Waals surface area contributed by atoms with E-state index in [9.17, 15) is 13.6 Å². The quantitative estimate of drug-likeness (QED) is 0.467. The number of alkyl halides is 2. The van der Waals surface area contributed by atoms with Gasteiger partial charge in [0.2, 0.25) is 5.88 Å². The Morgan fingerprint density at radius 1 is 1.20 bits per heavy atom. The largest absolute Gasteiger partial charge is 0.495 e. The van der Waals surface area contributed by atoms with Crippen LogP contribution in [0.2, 0.25) is 0 Å².